The maximum Gasteiger partial charge on any atom is 0.0612 e. The van der Waals surface area contributed by atoms with Crippen LogP contribution in [0.3, 0.4) is 0 Å². The molecule has 0 atom stereocenters. The Bertz CT molecular complexity index is 186. The molecule has 1 N–H and O–H groups in total. The van der Waals surface area contributed by atoms with Crippen molar-refractivity contribution in [1.82, 2.24) is 5.32 Å². The monoisotopic (exact) mass is 183 g/mol. The summed E-state index contributed by atoms with van der Waals surface area (Å²) in [5, 5.41) is 3.33. The molecule has 0 aromatic heterocycles. The molecule has 68 valence electrons. The summed E-state index contributed by atoms with van der Waals surface area (Å²) in [6.07, 6.45) is 6.91. The van der Waals surface area contributed by atoms with Gasteiger partial charge in [0, 0.05) is 11.4 Å². The fourth-order valence-corrected chi connectivity index (χ4v) is 1.99. The molecule has 1 fully saturated rings. The Labute approximate surface area is 79.3 Å². The average molecular weight is 183 g/mol. The van der Waals surface area contributed by atoms with Crippen molar-refractivity contribution in [3.63, 3.8) is 0 Å². The highest BCUT2D eigenvalue weighted by Crippen LogP contribution is 2.13. The van der Waals surface area contributed by atoms with Crippen LogP contribution in [0.4, 0.5) is 0 Å². The molecule has 0 amide bonds. The Kier molecular flexibility index (Phi) is 4.30. The number of nitrogens with one attached hydrogen (secondary N) is 1. The van der Waals surface area contributed by atoms with Gasteiger partial charge < -0.3 is 5.32 Å². The van der Waals surface area contributed by atoms with Gasteiger partial charge in [0.1, 0.15) is 0 Å². The summed E-state index contributed by atoms with van der Waals surface area (Å²) in [7, 11) is 0. The van der Waals surface area contributed by atoms with Crippen molar-refractivity contribution >= 4 is 11.8 Å². The summed E-state index contributed by atoms with van der Waals surface area (Å²) in [4.78, 5) is 0. The fourth-order valence-electron chi connectivity index (χ4n) is 1.18. The van der Waals surface area contributed by atoms with Gasteiger partial charge in [-0.3, -0.25) is 0 Å². The third-order valence-corrected chi connectivity index (χ3v) is 2.74. The summed E-state index contributed by atoms with van der Waals surface area (Å²) < 4.78 is 0. The molecule has 1 nitrogen and oxygen atoms in total. The van der Waals surface area contributed by atoms with E-state index in [2.05, 4.69) is 31.3 Å². The minimum atomic E-state index is 1.08. The molecule has 0 aromatic rings. The van der Waals surface area contributed by atoms with Gasteiger partial charge in [0.2, 0.25) is 0 Å². The molecule has 0 radical (unpaired) electrons. The SMILES string of the molecule is CCC/C(C)=C\C=C1/CSCN1. The van der Waals surface area contributed by atoms with E-state index in [9.17, 15) is 0 Å². The van der Waals surface area contributed by atoms with Gasteiger partial charge >= 0.3 is 0 Å². The maximum atomic E-state index is 3.33. The van der Waals surface area contributed by atoms with Gasteiger partial charge in [0.05, 0.1) is 5.88 Å². The average Bonchev–Trinajstić information content (AvgIpc) is 2.53. The van der Waals surface area contributed by atoms with Gasteiger partial charge in [0.25, 0.3) is 0 Å². The van der Waals surface area contributed by atoms with E-state index in [0.29, 0.717) is 0 Å². The first-order valence-electron chi connectivity index (χ1n) is 4.51. The lowest BCUT2D eigenvalue weighted by atomic mass is 10.1. The summed E-state index contributed by atoms with van der Waals surface area (Å²) in [6, 6.07) is 0. The highest BCUT2D eigenvalue weighted by atomic mass is 32.2. The van der Waals surface area contributed by atoms with Crippen molar-refractivity contribution < 1.29 is 0 Å². The number of hydrogen-bond acceptors (Lipinski definition) is 2. The van der Waals surface area contributed by atoms with E-state index >= 15 is 0 Å². The molecular formula is C10H17NS. The van der Waals surface area contributed by atoms with Crippen LogP contribution in [0.2, 0.25) is 0 Å². The Morgan fingerprint density at radius 2 is 2.50 bits per heavy atom. The predicted octanol–water partition coefficient (Wildman–Crippen LogP) is 2.91. The van der Waals surface area contributed by atoms with Crippen molar-refractivity contribution in [2.24, 2.45) is 0 Å². The molecule has 12 heavy (non-hydrogen) atoms. The smallest absolute Gasteiger partial charge is 0.0612 e. The Hall–Kier alpha value is -0.370. The van der Waals surface area contributed by atoms with Crippen molar-refractivity contribution in [3.05, 3.63) is 23.4 Å². The van der Waals surface area contributed by atoms with E-state index in [0.717, 1.165) is 11.6 Å². The molecule has 0 bridgehead atoms. The van der Waals surface area contributed by atoms with E-state index in [1.54, 1.807) is 0 Å². The van der Waals surface area contributed by atoms with Crippen LogP contribution in [-0.4, -0.2) is 11.6 Å². The number of thioether (sulfide) groups is 1. The molecule has 0 unspecified atom stereocenters. The van der Waals surface area contributed by atoms with E-state index in [1.807, 2.05) is 11.8 Å². The predicted molar refractivity (Wildman–Crippen MR) is 57.2 cm³/mol. The van der Waals surface area contributed by atoms with Gasteiger partial charge in [-0.2, -0.15) is 0 Å². The van der Waals surface area contributed by atoms with Crippen LogP contribution < -0.4 is 5.32 Å². The van der Waals surface area contributed by atoms with Gasteiger partial charge in [0.15, 0.2) is 0 Å². The highest BCUT2D eigenvalue weighted by molar-refractivity contribution is 7.99. The van der Waals surface area contributed by atoms with Gasteiger partial charge in [-0.15, -0.1) is 11.8 Å². The number of allylic oxidation sites excluding steroid dienone is 3. The second kappa shape index (κ2) is 5.31. The Morgan fingerprint density at radius 3 is 3.08 bits per heavy atom. The number of rotatable bonds is 3. The quantitative estimate of drug-likeness (QED) is 0.722. The third kappa shape index (κ3) is 3.35. The zero-order valence-corrected chi connectivity index (χ0v) is 8.71. The second-order valence-electron chi connectivity index (χ2n) is 3.12. The summed E-state index contributed by atoms with van der Waals surface area (Å²) >= 11 is 1.94. The lowest BCUT2D eigenvalue weighted by molar-refractivity contribution is 0.904. The van der Waals surface area contributed by atoms with Crippen molar-refractivity contribution in [2.45, 2.75) is 26.7 Å². The van der Waals surface area contributed by atoms with E-state index in [-0.39, 0.29) is 0 Å². The minimum Gasteiger partial charge on any atom is -0.379 e. The molecule has 0 spiro atoms. The molecule has 0 saturated carbocycles. The van der Waals surface area contributed by atoms with Gasteiger partial charge in [-0.25, -0.2) is 0 Å². The van der Waals surface area contributed by atoms with Crippen LogP contribution in [-0.2, 0) is 0 Å². The molecule has 1 aliphatic rings. The van der Waals surface area contributed by atoms with Crippen LogP contribution in [0.1, 0.15) is 26.7 Å². The molecule has 0 aromatic carbocycles. The summed E-state index contributed by atoms with van der Waals surface area (Å²) in [5.41, 5.74) is 2.85. The Balaban J connectivity index is 2.39. The number of hydrogen-bond donors (Lipinski definition) is 1. The van der Waals surface area contributed by atoms with Crippen molar-refractivity contribution in [3.8, 4) is 0 Å². The third-order valence-electron chi connectivity index (χ3n) is 1.87. The summed E-state index contributed by atoms with van der Waals surface area (Å²) in [5.74, 6) is 2.22. The molecule has 1 rings (SSSR count). The summed E-state index contributed by atoms with van der Waals surface area (Å²) in [6.45, 7) is 4.41. The largest absolute Gasteiger partial charge is 0.379 e. The molecule has 1 aliphatic heterocycles. The molecule has 2 heteroatoms. The minimum absolute atomic E-state index is 1.08. The van der Waals surface area contributed by atoms with E-state index in [1.165, 1.54) is 24.1 Å². The normalized spacial score (nSPS) is 21.5. The van der Waals surface area contributed by atoms with Crippen LogP contribution in [0.15, 0.2) is 23.4 Å². The first-order chi connectivity index (χ1) is 5.83. The van der Waals surface area contributed by atoms with E-state index in [4.69, 9.17) is 0 Å². The molecule has 1 heterocycles. The topological polar surface area (TPSA) is 12.0 Å². The van der Waals surface area contributed by atoms with Crippen LogP contribution >= 0.6 is 11.8 Å². The maximum absolute atomic E-state index is 3.33. The van der Waals surface area contributed by atoms with Crippen LogP contribution in [0.25, 0.3) is 0 Å². The molecular weight excluding hydrogens is 166 g/mol. The van der Waals surface area contributed by atoms with Crippen molar-refractivity contribution in [1.29, 1.82) is 0 Å². The molecule has 0 aliphatic carbocycles. The van der Waals surface area contributed by atoms with E-state index < -0.39 is 0 Å². The van der Waals surface area contributed by atoms with Crippen molar-refractivity contribution in [2.75, 3.05) is 11.6 Å². The van der Waals surface area contributed by atoms with Crippen LogP contribution in [0, 0.1) is 0 Å². The zero-order chi connectivity index (χ0) is 8.81. The first-order valence-corrected chi connectivity index (χ1v) is 5.66. The fraction of sp³-hybridized carbons (Fsp3) is 0.600. The van der Waals surface area contributed by atoms with Gasteiger partial charge in [-0.1, -0.05) is 25.0 Å². The molecule has 1 saturated heterocycles. The Morgan fingerprint density at radius 1 is 1.67 bits per heavy atom. The van der Waals surface area contributed by atoms with Gasteiger partial charge in [-0.05, 0) is 19.4 Å². The zero-order valence-electron chi connectivity index (χ0n) is 7.89. The highest BCUT2D eigenvalue weighted by Gasteiger charge is 2.02. The second-order valence-corrected chi connectivity index (χ2v) is 4.11. The lowest BCUT2D eigenvalue weighted by Crippen LogP contribution is -2.03. The van der Waals surface area contributed by atoms with Crippen LogP contribution in [0.5, 0.6) is 0 Å². The standard InChI is InChI=1S/C10H17NS/c1-3-4-9(2)5-6-10-7-12-8-11-10/h5-6,11H,3-4,7-8H2,1-2H3/b9-5-,10-6+. The lowest BCUT2D eigenvalue weighted by Gasteiger charge is -1.96. The first kappa shape index (κ1) is 9.72.